The van der Waals surface area contributed by atoms with Crippen molar-refractivity contribution in [2.45, 2.75) is 65.3 Å². The minimum absolute atomic E-state index is 0.0413. The molecular formula is C28H31F3N8O3. The third-order valence-electron chi connectivity index (χ3n) is 6.96. The number of aromatic nitrogens is 7. The molecule has 11 nitrogen and oxygen atoms in total. The van der Waals surface area contributed by atoms with E-state index in [0.29, 0.717) is 46.6 Å². The molecule has 1 aliphatic heterocycles. The van der Waals surface area contributed by atoms with E-state index in [1.165, 1.54) is 30.0 Å². The number of hydrogen-bond donors (Lipinski definition) is 0. The maximum Gasteiger partial charge on any atom is 0.434 e. The van der Waals surface area contributed by atoms with Gasteiger partial charge in [-0.2, -0.15) is 18.2 Å². The van der Waals surface area contributed by atoms with Gasteiger partial charge in [0.25, 0.3) is 0 Å². The van der Waals surface area contributed by atoms with Crippen LogP contribution in [0.15, 0.2) is 30.7 Å². The highest BCUT2D eigenvalue weighted by Crippen LogP contribution is 2.38. The molecule has 0 fully saturated rings. The number of carbonyl (C=O) groups excluding carboxylic acids is 1. The molecule has 1 aromatic carbocycles. The lowest BCUT2D eigenvalue weighted by Crippen LogP contribution is -2.37. The molecule has 42 heavy (non-hydrogen) atoms. The molecule has 0 bridgehead atoms. The summed E-state index contributed by atoms with van der Waals surface area (Å²) in [5.41, 5.74) is 1.39. The van der Waals surface area contributed by atoms with Crippen LogP contribution in [0.4, 0.5) is 19.1 Å². The van der Waals surface area contributed by atoms with E-state index in [9.17, 15) is 18.0 Å². The molecule has 222 valence electrons. The first-order valence-corrected chi connectivity index (χ1v) is 13.4. The van der Waals surface area contributed by atoms with Gasteiger partial charge in [-0.05, 0) is 37.5 Å². The second kappa shape index (κ2) is 11.1. The van der Waals surface area contributed by atoms with E-state index in [1.54, 1.807) is 36.7 Å². The Bertz CT molecular complexity index is 1630. The molecule has 1 aliphatic rings. The normalized spacial score (nSPS) is 13.7. The second-order valence-electron chi connectivity index (χ2n) is 10.5. The number of imidazole rings is 1. The number of hydrogen-bond acceptors (Lipinski definition) is 8. The van der Waals surface area contributed by atoms with Crippen molar-refractivity contribution in [3.8, 4) is 34.4 Å². The molecule has 0 saturated heterocycles. The molecule has 0 radical (unpaired) electrons. The van der Waals surface area contributed by atoms with Gasteiger partial charge in [0, 0.05) is 18.7 Å². The van der Waals surface area contributed by atoms with E-state index < -0.39 is 11.9 Å². The fourth-order valence-electron chi connectivity index (χ4n) is 4.91. The molecule has 0 aliphatic carbocycles. The molecule has 0 unspecified atom stereocenters. The highest BCUT2D eigenvalue weighted by Gasteiger charge is 2.36. The highest BCUT2D eigenvalue weighted by molar-refractivity contribution is 5.93. The molecule has 0 atom stereocenters. The van der Waals surface area contributed by atoms with E-state index >= 15 is 0 Å². The first kappa shape index (κ1) is 29.0. The van der Waals surface area contributed by atoms with Crippen LogP contribution >= 0.6 is 0 Å². The van der Waals surface area contributed by atoms with Crippen molar-refractivity contribution in [2.24, 2.45) is 0 Å². The van der Waals surface area contributed by atoms with E-state index in [4.69, 9.17) is 14.5 Å². The SMILES string of the molecule is COc1cc(CN2C(=O)CCn3nc(-c4c(OC)ncnc4C(C)C)nc32)ccc1-c1nc(C(F)(F)F)cn1C(C)C. The van der Waals surface area contributed by atoms with Crippen LogP contribution in [-0.4, -0.2) is 54.4 Å². The van der Waals surface area contributed by atoms with Gasteiger partial charge in [0.1, 0.15) is 23.5 Å². The van der Waals surface area contributed by atoms with Gasteiger partial charge in [0.2, 0.25) is 17.7 Å². The van der Waals surface area contributed by atoms with Crippen LogP contribution in [0.1, 0.15) is 63.0 Å². The van der Waals surface area contributed by atoms with Crippen LogP contribution in [0.25, 0.3) is 22.8 Å². The standard InChI is InChI=1S/C28H31F3N8O3/c1-15(2)23-22(26(42-6)33-14-32-23)24-35-27-38(21(40)9-10-39(27)36-24)12-17-7-8-18(19(11-17)41-5)25-34-20(28(29,30)31)13-37(25)16(3)4/h7-8,11,13-16H,9-10,12H2,1-6H3. The van der Waals surface area contributed by atoms with Gasteiger partial charge in [-0.25, -0.2) is 19.6 Å². The lowest BCUT2D eigenvalue weighted by molar-refractivity contribution is -0.141. The largest absolute Gasteiger partial charge is 0.496 e. The van der Waals surface area contributed by atoms with Gasteiger partial charge in [-0.1, -0.05) is 19.9 Å². The Balaban J connectivity index is 1.51. The molecule has 0 spiro atoms. The number of rotatable bonds is 8. The van der Waals surface area contributed by atoms with Crippen LogP contribution in [-0.2, 0) is 24.1 Å². The van der Waals surface area contributed by atoms with Crippen molar-refractivity contribution in [3.63, 3.8) is 0 Å². The smallest absolute Gasteiger partial charge is 0.434 e. The number of anilines is 1. The van der Waals surface area contributed by atoms with Crippen molar-refractivity contribution in [1.29, 1.82) is 0 Å². The summed E-state index contributed by atoms with van der Waals surface area (Å²) >= 11 is 0. The van der Waals surface area contributed by atoms with Crippen molar-refractivity contribution < 1.29 is 27.4 Å². The number of nitrogens with zero attached hydrogens (tertiary/aromatic N) is 8. The van der Waals surface area contributed by atoms with E-state index in [-0.39, 0.29) is 36.7 Å². The van der Waals surface area contributed by atoms with Crippen molar-refractivity contribution in [3.05, 3.63) is 47.7 Å². The monoisotopic (exact) mass is 584 g/mol. The Morgan fingerprint density at radius 1 is 1.05 bits per heavy atom. The lowest BCUT2D eigenvalue weighted by atomic mass is 10.0. The summed E-state index contributed by atoms with van der Waals surface area (Å²) in [6.45, 7) is 8.03. The Kier molecular flexibility index (Phi) is 7.64. The number of benzene rings is 1. The maximum absolute atomic E-state index is 13.5. The van der Waals surface area contributed by atoms with E-state index in [0.717, 1.165) is 11.9 Å². The second-order valence-corrected chi connectivity index (χ2v) is 10.5. The van der Waals surface area contributed by atoms with Gasteiger partial charge in [0.15, 0.2) is 11.5 Å². The van der Waals surface area contributed by atoms with Crippen LogP contribution in [0.2, 0.25) is 0 Å². The molecule has 3 aromatic heterocycles. The third-order valence-corrected chi connectivity index (χ3v) is 6.96. The van der Waals surface area contributed by atoms with Gasteiger partial charge in [0.05, 0.1) is 38.6 Å². The van der Waals surface area contributed by atoms with E-state index in [1.807, 2.05) is 13.8 Å². The molecule has 4 aromatic rings. The zero-order chi connectivity index (χ0) is 30.3. The third kappa shape index (κ3) is 5.28. The first-order valence-electron chi connectivity index (χ1n) is 13.4. The minimum atomic E-state index is -4.59. The molecular weight excluding hydrogens is 553 g/mol. The number of amides is 1. The molecule has 14 heteroatoms. The first-order chi connectivity index (χ1) is 19.9. The van der Waals surface area contributed by atoms with Crippen LogP contribution in [0, 0.1) is 0 Å². The van der Waals surface area contributed by atoms with Crippen molar-refractivity contribution in [2.75, 3.05) is 19.1 Å². The summed E-state index contributed by atoms with van der Waals surface area (Å²) in [4.78, 5) is 31.9. The number of fused-ring (bicyclic) bond motifs is 1. The number of halogens is 3. The highest BCUT2D eigenvalue weighted by atomic mass is 19.4. The molecule has 0 saturated carbocycles. The zero-order valence-electron chi connectivity index (χ0n) is 24.1. The van der Waals surface area contributed by atoms with Gasteiger partial charge in [-0.15, -0.1) is 5.10 Å². The van der Waals surface area contributed by atoms with Gasteiger partial charge >= 0.3 is 6.18 Å². The number of carbonyl (C=O) groups is 1. The zero-order valence-corrected chi connectivity index (χ0v) is 24.1. The average molecular weight is 585 g/mol. The number of alkyl halides is 3. The predicted octanol–water partition coefficient (Wildman–Crippen LogP) is 5.28. The van der Waals surface area contributed by atoms with Gasteiger partial charge < -0.3 is 14.0 Å². The molecule has 0 N–H and O–H groups in total. The Morgan fingerprint density at radius 3 is 2.45 bits per heavy atom. The topological polar surface area (TPSA) is 113 Å². The number of aryl methyl sites for hydroxylation is 1. The lowest BCUT2D eigenvalue weighted by Gasteiger charge is -2.26. The summed E-state index contributed by atoms with van der Waals surface area (Å²) in [6, 6.07) is 4.81. The molecule has 5 rings (SSSR count). The molecule has 1 amide bonds. The summed E-state index contributed by atoms with van der Waals surface area (Å²) in [5.74, 6) is 1.40. The summed E-state index contributed by atoms with van der Waals surface area (Å²) in [6.07, 6.45) is -1.94. The number of methoxy groups -OCH3 is 2. The van der Waals surface area contributed by atoms with Gasteiger partial charge in [-0.3, -0.25) is 9.69 Å². The Labute approximate surface area is 240 Å². The Morgan fingerprint density at radius 2 is 1.81 bits per heavy atom. The molecule has 4 heterocycles. The summed E-state index contributed by atoms with van der Waals surface area (Å²) in [7, 11) is 2.95. The average Bonchev–Trinajstić information content (AvgIpc) is 3.59. The number of ether oxygens (including phenoxy) is 2. The van der Waals surface area contributed by atoms with Crippen molar-refractivity contribution in [1.82, 2.24) is 34.3 Å². The van der Waals surface area contributed by atoms with E-state index in [2.05, 4.69) is 20.1 Å². The minimum Gasteiger partial charge on any atom is -0.496 e. The van der Waals surface area contributed by atoms with Crippen LogP contribution in [0.3, 0.4) is 0 Å². The fraction of sp³-hybridized carbons (Fsp3) is 0.429. The predicted molar refractivity (Wildman–Crippen MR) is 147 cm³/mol. The quantitative estimate of drug-likeness (QED) is 0.275. The Hall–Kier alpha value is -4.49. The summed E-state index contributed by atoms with van der Waals surface area (Å²) in [5, 5.41) is 4.66. The maximum atomic E-state index is 13.5. The fourth-order valence-corrected chi connectivity index (χ4v) is 4.91. The van der Waals surface area contributed by atoms with Crippen LogP contribution < -0.4 is 14.4 Å². The van der Waals surface area contributed by atoms with Crippen molar-refractivity contribution >= 4 is 11.9 Å². The van der Waals surface area contributed by atoms with Crippen LogP contribution in [0.5, 0.6) is 11.6 Å². The summed E-state index contributed by atoms with van der Waals surface area (Å²) < 4.78 is 54.6.